The van der Waals surface area contributed by atoms with E-state index in [-0.39, 0.29) is 11.9 Å². The monoisotopic (exact) mass is 337 g/mol. The molecule has 20 heavy (non-hydrogen) atoms. The summed E-state index contributed by atoms with van der Waals surface area (Å²) in [6.07, 6.45) is 1.77. The fourth-order valence-corrected chi connectivity index (χ4v) is 2.79. The molecule has 0 saturated heterocycles. The van der Waals surface area contributed by atoms with Crippen LogP contribution in [-0.2, 0) is 6.54 Å². The van der Waals surface area contributed by atoms with Crippen LogP contribution in [0, 0.1) is 5.82 Å². The van der Waals surface area contributed by atoms with Crippen LogP contribution in [0.4, 0.5) is 4.39 Å². The molecule has 2 N–H and O–H groups in total. The van der Waals surface area contributed by atoms with Gasteiger partial charge in [-0.15, -0.1) is 0 Å². The molecule has 1 unspecified atom stereocenters. The van der Waals surface area contributed by atoms with E-state index in [1.807, 2.05) is 25.2 Å². The zero-order chi connectivity index (χ0) is 14.5. The van der Waals surface area contributed by atoms with Crippen molar-refractivity contribution in [2.24, 2.45) is 5.73 Å². The second-order valence-electron chi connectivity index (χ2n) is 4.65. The van der Waals surface area contributed by atoms with Crippen molar-refractivity contribution in [3.63, 3.8) is 0 Å². The van der Waals surface area contributed by atoms with E-state index < -0.39 is 0 Å². The van der Waals surface area contributed by atoms with Crippen molar-refractivity contribution in [2.75, 3.05) is 13.6 Å². The van der Waals surface area contributed by atoms with Gasteiger partial charge in [-0.05, 0) is 36.9 Å². The number of nitrogens with two attached hydrogens (primary N) is 1. The molecule has 0 radical (unpaired) electrons. The van der Waals surface area contributed by atoms with Crippen LogP contribution in [0.1, 0.15) is 17.3 Å². The van der Waals surface area contributed by atoms with E-state index in [1.54, 1.807) is 12.3 Å². The molecule has 1 aromatic heterocycles. The molecular weight excluding hydrogens is 321 g/mol. The van der Waals surface area contributed by atoms with Crippen molar-refractivity contribution in [3.8, 4) is 0 Å². The molecule has 0 aliphatic heterocycles. The van der Waals surface area contributed by atoms with Gasteiger partial charge in [0.05, 0.1) is 5.69 Å². The molecule has 2 rings (SSSR count). The molecular formula is C15H17BrFN3. The topological polar surface area (TPSA) is 42.2 Å². The maximum atomic E-state index is 13.2. The Morgan fingerprint density at radius 2 is 2.15 bits per heavy atom. The van der Waals surface area contributed by atoms with Gasteiger partial charge in [0.25, 0.3) is 0 Å². The van der Waals surface area contributed by atoms with Crippen molar-refractivity contribution < 1.29 is 4.39 Å². The first-order valence-electron chi connectivity index (χ1n) is 6.37. The minimum atomic E-state index is -0.260. The highest BCUT2D eigenvalue weighted by atomic mass is 79.9. The Bertz CT molecular complexity index is 562. The van der Waals surface area contributed by atoms with Crippen molar-refractivity contribution in [1.82, 2.24) is 9.88 Å². The number of aromatic nitrogens is 1. The van der Waals surface area contributed by atoms with Gasteiger partial charge in [0, 0.05) is 29.8 Å². The van der Waals surface area contributed by atoms with Crippen LogP contribution in [-0.4, -0.2) is 23.5 Å². The molecule has 0 aliphatic carbocycles. The Hall–Kier alpha value is -1.30. The van der Waals surface area contributed by atoms with E-state index in [4.69, 9.17) is 5.73 Å². The number of benzene rings is 1. The van der Waals surface area contributed by atoms with Crippen molar-refractivity contribution in [3.05, 3.63) is 64.1 Å². The van der Waals surface area contributed by atoms with E-state index in [0.29, 0.717) is 13.1 Å². The summed E-state index contributed by atoms with van der Waals surface area (Å²) in [6.45, 7) is 1.14. The van der Waals surface area contributed by atoms with Gasteiger partial charge in [-0.2, -0.15) is 0 Å². The average Bonchev–Trinajstić information content (AvgIpc) is 2.43. The lowest BCUT2D eigenvalue weighted by atomic mass is 10.1. The van der Waals surface area contributed by atoms with Crippen LogP contribution in [0.3, 0.4) is 0 Å². The van der Waals surface area contributed by atoms with Gasteiger partial charge < -0.3 is 5.73 Å². The number of pyridine rings is 1. The van der Waals surface area contributed by atoms with Crippen LogP contribution in [0.5, 0.6) is 0 Å². The predicted molar refractivity (Wildman–Crippen MR) is 81.6 cm³/mol. The van der Waals surface area contributed by atoms with Crippen molar-refractivity contribution in [1.29, 1.82) is 0 Å². The SMILES string of the molecule is CN(Cc1ccccn1)C(CN)c1ccc(F)cc1Br. The van der Waals surface area contributed by atoms with Gasteiger partial charge in [0.2, 0.25) is 0 Å². The highest BCUT2D eigenvalue weighted by Crippen LogP contribution is 2.28. The Morgan fingerprint density at radius 3 is 2.75 bits per heavy atom. The summed E-state index contributed by atoms with van der Waals surface area (Å²) in [4.78, 5) is 6.42. The fraction of sp³-hybridized carbons (Fsp3) is 0.267. The first kappa shape index (κ1) is 15.1. The molecule has 0 saturated carbocycles. The van der Waals surface area contributed by atoms with Crippen LogP contribution in [0.25, 0.3) is 0 Å². The number of rotatable bonds is 5. The average molecular weight is 338 g/mol. The third-order valence-electron chi connectivity index (χ3n) is 3.21. The van der Waals surface area contributed by atoms with E-state index in [2.05, 4.69) is 25.8 Å². The smallest absolute Gasteiger partial charge is 0.124 e. The summed E-state index contributed by atoms with van der Waals surface area (Å²) < 4.78 is 13.9. The minimum Gasteiger partial charge on any atom is -0.329 e. The lowest BCUT2D eigenvalue weighted by Gasteiger charge is -2.27. The molecule has 3 nitrogen and oxygen atoms in total. The lowest BCUT2D eigenvalue weighted by molar-refractivity contribution is 0.238. The minimum absolute atomic E-state index is 0.00646. The summed E-state index contributed by atoms with van der Waals surface area (Å²) in [7, 11) is 1.99. The second kappa shape index (κ2) is 6.92. The largest absolute Gasteiger partial charge is 0.329 e. The molecule has 0 amide bonds. The van der Waals surface area contributed by atoms with E-state index in [9.17, 15) is 4.39 Å². The molecule has 0 bridgehead atoms. The molecule has 0 fully saturated rings. The van der Waals surface area contributed by atoms with Gasteiger partial charge in [-0.3, -0.25) is 9.88 Å². The van der Waals surface area contributed by atoms with Crippen LogP contribution in [0.15, 0.2) is 47.1 Å². The Balaban J connectivity index is 2.19. The highest BCUT2D eigenvalue weighted by molar-refractivity contribution is 9.10. The molecule has 106 valence electrons. The van der Waals surface area contributed by atoms with Crippen LogP contribution < -0.4 is 5.73 Å². The maximum absolute atomic E-state index is 13.2. The second-order valence-corrected chi connectivity index (χ2v) is 5.51. The van der Waals surface area contributed by atoms with Gasteiger partial charge in [0.1, 0.15) is 5.82 Å². The summed E-state index contributed by atoms with van der Waals surface area (Å²) in [5, 5.41) is 0. The molecule has 2 aromatic rings. The van der Waals surface area contributed by atoms with Crippen LogP contribution >= 0.6 is 15.9 Å². The van der Waals surface area contributed by atoms with E-state index in [1.165, 1.54) is 12.1 Å². The normalized spacial score (nSPS) is 12.7. The third kappa shape index (κ3) is 3.62. The molecule has 1 heterocycles. The van der Waals surface area contributed by atoms with Gasteiger partial charge in [0.15, 0.2) is 0 Å². The quantitative estimate of drug-likeness (QED) is 0.911. The molecule has 5 heteroatoms. The Morgan fingerprint density at radius 1 is 1.35 bits per heavy atom. The number of halogens is 2. The zero-order valence-corrected chi connectivity index (χ0v) is 12.8. The number of likely N-dealkylation sites (N-methyl/N-ethyl adjacent to an activating group) is 1. The zero-order valence-electron chi connectivity index (χ0n) is 11.3. The lowest BCUT2D eigenvalue weighted by Crippen LogP contribution is -2.30. The fourth-order valence-electron chi connectivity index (χ4n) is 2.17. The summed E-state index contributed by atoms with van der Waals surface area (Å²) in [5.74, 6) is -0.260. The number of hydrogen-bond donors (Lipinski definition) is 1. The van der Waals surface area contributed by atoms with Crippen molar-refractivity contribution >= 4 is 15.9 Å². The molecule has 1 aromatic carbocycles. The number of nitrogens with zero attached hydrogens (tertiary/aromatic N) is 2. The van der Waals surface area contributed by atoms with E-state index >= 15 is 0 Å². The Labute approximate surface area is 126 Å². The first-order chi connectivity index (χ1) is 9.61. The van der Waals surface area contributed by atoms with Gasteiger partial charge in [-0.1, -0.05) is 28.1 Å². The molecule has 0 spiro atoms. The highest BCUT2D eigenvalue weighted by Gasteiger charge is 2.18. The predicted octanol–water partition coefficient (Wildman–Crippen LogP) is 3.12. The first-order valence-corrected chi connectivity index (χ1v) is 7.16. The van der Waals surface area contributed by atoms with E-state index in [0.717, 1.165) is 15.7 Å². The third-order valence-corrected chi connectivity index (χ3v) is 3.90. The standard InChI is InChI=1S/C15H17BrFN3/c1-20(10-12-4-2-3-7-19-12)15(9-18)13-6-5-11(17)8-14(13)16/h2-8,15H,9-10,18H2,1H3. The summed E-state index contributed by atoms with van der Waals surface area (Å²) >= 11 is 3.40. The molecule has 0 aliphatic rings. The van der Waals surface area contributed by atoms with Gasteiger partial charge >= 0.3 is 0 Å². The Kier molecular flexibility index (Phi) is 5.23. The summed E-state index contributed by atoms with van der Waals surface area (Å²) in [6, 6.07) is 10.5. The maximum Gasteiger partial charge on any atom is 0.124 e. The summed E-state index contributed by atoms with van der Waals surface area (Å²) in [5.41, 5.74) is 7.85. The van der Waals surface area contributed by atoms with Gasteiger partial charge in [-0.25, -0.2) is 4.39 Å². The van der Waals surface area contributed by atoms with Crippen LogP contribution in [0.2, 0.25) is 0 Å². The number of hydrogen-bond acceptors (Lipinski definition) is 3. The molecule has 1 atom stereocenters. The van der Waals surface area contributed by atoms with Crippen molar-refractivity contribution in [2.45, 2.75) is 12.6 Å².